The Morgan fingerprint density at radius 3 is 2.52 bits per heavy atom. The van der Waals surface area contributed by atoms with Gasteiger partial charge in [0.25, 0.3) is 0 Å². The van der Waals surface area contributed by atoms with Crippen molar-refractivity contribution in [1.29, 1.82) is 5.26 Å². The topological polar surface area (TPSA) is 82.9 Å². The summed E-state index contributed by atoms with van der Waals surface area (Å²) >= 11 is 0. The molecule has 0 radical (unpaired) electrons. The van der Waals surface area contributed by atoms with Crippen LogP contribution in [0.5, 0.6) is 5.75 Å². The number of hydrogen-bond acceptors (Lipinski definition) is 6. The molecule has 0 amide bonds. The SMILES string of the molecule is COc1ccccc1CCNc1cc(Nc2ccc(C#N)cc2)nc(C)n1. The number of nitrogens with zero attached hydrogens (tertiary/aromatic N) is 3. The molecule has 6 nitrogen and oxygen atoms in total. The predicted molar refractivity (Wildman–Crippen MR) is 106 cm³/mol. The summed E-state index contributed by atoms with van der Waals surface area (Å²) < 4.78 is 5.39. The third-order valence-corrected chi connectivity index (χ3v) is 4.02. The van der Waals surface area contributed by atoms with Gasteiger partial charge in [-0.15, -0.1) is 0 Å². The maximum Gasteiger partial charge on any atom is 0.136 e. The average Bonchev–Trinajstić information content (AvgIpc) is 2.68. The third kappa shape index (κ3) is 4.95. The van der Waals surface area contributed by atoms with Crippen molar-refractivity contribution in [2.45, 2.75) is 13.3 Å². The van der Waals surface area contributed by atoms with E-state index in [9.17, 15) is 0 Å². The average molecular weight is 359 g/mol. The van der Waals surface area contributed by atoms with Crippen LogP contribution in [0.15, 0.2) is 54.6 Å². The van der Waals surface area contributed by atoms with Crippen LogP contribution in [-0.4, -0.2) is 23.6 Å². The molecule has 2 N–H and O–H groups in total. The first-order valence-corrected chi connectivity index (χ1v) is 8.66. The van der Waals surface area contributed by atoms with Gasteiger partial charge in [-0.1, -0.05) is 18.2 Å². The van der Waals surface area contributed by atoms with Crippen molar-refractivity contribution in [1.82, 2.24) is 9.97 Å². The molecule has 0 fully saturated rings. The van der Waals surface area contributed by atoms with Crippen LogP contribution in [0, 0.1) is 18.3 Å². The second-order valence-electron chi connectivity index (χ2n) is 5.99. The van der Waals surface area contributed by atoms with Crippen molar-refractivity contribution in [3.8, 4) is 11.8 Å². The minimum absolute atomic E-state index is 0.623. The third-order valence-electron chi connectivity index (χ3n) is 4.02. The van der Waals surface area contributed by atoms with Crippen LogP contribution in [0.3, 0.4) is 0 Å². The quantitative estimate of drug-likeness (QED) is 0.662. The summed E-state index contributed by atoms with van der Waals surface area (Å²) in [5, 5.41) is 15.5. The molecular formula is C21H21N5O. The van der Waals surface area contributed by atoms with Crippen molar-refractivity contribution in [2.75, 3.05) is 24.3 Å². The molecule has 3 rings (SSSR count). The molecule has 6 heteroatoms. The fourth-order valence-electron chi connectivity index (χ4n) is 2.73. The summed E-state index contributed by atoms with van der Waals surface area (Å²) in [6.07, 6.45) is 0.825. The fourth-order valence-corrected chi connectivity index (χ4v) is 2.73. The zero-order valence-electron chi connectivity index (χ0n) is 15.4. The highest BCUT2D eigenvalue weighted by atomic mass is 16.5. The molecule has 136 valence electrons. The Balaban J connectivity index is 1.65. The maximum atomic E-state index is 8.88. The summed E-state index contributed by atoms with van der Waals surface area (Å²) in [4.78, 5) is 8.86. The van der Waals surface area contributed by atoms with Gasteiger partial charge >= 0.3 is 0 Å². The molecule has 0 bridgehead atoms. The van der Waals surface area contributed by atoms with Gasteiger partial charge in [0.1, 0.15) is 23.2 Å². The fraction of sp³-hybridized carbons (Fsp3) is 0.190. The van der Waals surface area contributed by atoms with Gasteiger partial charge in [0, 0.05) is 18.3 Å². The maximum absolute atomic E-state index is 8.88. The van der Waals surface area contributed by atoms with E-state index in [0.29, 0.717) is 17.2 Å². The Morgan fingerprint density at radius 1 is 1.04 bits per heavy atom. The summed E-state index contributed by atoms with van der Waals surface area (Å²) in [7, 11) is 1.68. The Hall–Kier alpha value is -3.59. The van der Waals surface area contributed by atoms with Gasteiger partial charge in [0.2, 0.25) is 0 Å². The van der Waals surface area contributed by atoms with Crippen molar-refractivity contribution in [3.05, 3.63) is 71.5 Å². The number of hydrogen-bond donors (Lipinski definition) is 2. The number of para-hydroxylation sites is 1. The molecular weight excluding hydrogens is 338 g/mol. The van der Waals surface area contributed by atoms with Crippen LogP contribution >= 0.6 is 0 Å². The second-order valence-corrected chi connectivity index (χ2v) is 5.99. The van der Waals surface area contributed by atoms with E-state index < -0.39 is 0 Å². The summed E-state index contributed by atoms with van der Waals surface area (Å²) in [6.45, 7) is 2.59. The number of rotatable bonds is 7. The molecule has 0 aliphatic rings. The van der Waals surface area contributed by atoms with E-state index in [0.717, 1.165) is 35.8 Å². The number of aryl methyl sites for hydroxylation is 1. The normalized spacial score (nSPS) is 10.1. The molecule has 0 aliphatic heterocycles. The predicted octanol–water partition coefficient (Wildman–Crippen LogP) is 4.06. The zero-order chi connectivity index (χ0) is 19.1. The van der Waals surface area contributed by atoms with Crippen molar-refractivity contribution in [3.63, 3.8) is 0 Å². The Labute approximate surface area is 158 Å². The number of anilines is 3. The molecule has 1 aromatic heterocycles. The zero-order valence-corrected chi connectivity index (χ0v) is 15.4. The summed E-state index contributed by atoms with van der Waals surface area (Å²) in [5.74, 6) is 3.02. The number of benzene rings is 2. The van der Waals surface area contributed by atoms with Gasteiger partial charge < -0.3 is 15.4 Å². The minimum atomic E-state index is 0.623. The van der Waals surface area contributed by atoms with Crippen LogP contribution in [0.1, 0.15) is 17.0 Å². The Kier molecular flexibility index (Phi) is 5.85. The van der Waals surface area contributed by atoms with E-state index in [-0.39, 0.29) is 0 Å². The minimum Gasteiger partial charge on any atom is -0.496 e. The number of aromatic nitrogens is 2. The van der Waals surface area contributed by atoms with E-state index in [1.54, 1.807) is 19.2 Å². The van der Waals surface area contributed by atoms with Crippen molar-refractivity contribution in [2.24, 2.45) is 0 Å². The highest BCUT2D eigenvalue weighted by Crippen LogP contribution is 2.20. The number of nitriles is 1. The van der Waals surface area contributed by atoms with E-state index in [4.69, 9.17) is 10.00 Å². The lowest BCUT2D eigenvalue weighted by Crippen LogP contribution is -2.09. The van der Waals surface area contributed by atoms with Gasteiger partial charge in [-0.2, -0.15) is 5.26 Å². The molecule has 0 aliphatic carbocycles. The number of methoxy groups -OCH3 is 1. The highest BCUT2D eigenvalue weighted by molar-refractivity contribution is 5.60. The molecule has 3 aromatic rings. The molecule has 0 saturated heterocycles. The van der Waals surface area contributed by atoms with Gasteiger partial charge in [-0.25, -0.2) is 9.97 Å². The first-order valence-electron chi connectivity index (χ1n) is 8.66. The van der Waals surface area contributed by atoms with Crippen LogP contribution in [0.2, 0.25) is 0 Å². The molecule has 27 heavy (non-hydrogen) atoms. The first kappa shape index (κ1) is 18.2. The number of nitrogens with one attached hydrogen (secondary N) is 2. The van der Waals surface area contributed by atoms with Gasteiger partial charge in [0.15, 0.2) is 0 Å². The summed E-state index contributed by atoms with van der Waals surface area (Å²) in [5.41, 5.74) is 2.64. The lowest BCUT2D eigenvalue weighted by Gasteiger charge is -2.11. The van der Waals surface area contributed by atoms with Crippen LogP contribution < -0.4 is 15.4 Å². The lowest BCUT2D eigenvalue weighted by atomic mass is 10.1. The van der Waals surface area contributed by atoms with E-state index in [1.807, 2.05) is 43.3 Å². The molecule has 1 heterocycles. The Morgan fingerprint density at radius 2 is 1.78 bits per heavy atom. The van der Waals surface area contributed by atoms with Gasteiger partial charge in [-0.05, 0) is 49.2 Å². The van der Waals surface area contributed by atoms with Crippen LogP contribution in [0.4, 0.5) is 17.3 Å². The largest absolute Gasteiger partial charge is 0.496 e. The van der Waals surface area contributed by atoms with E-state index in [1.165, 1.54) is 0 Å². The molecule has 0 atom stereocenters. The second kappa shape index (κ2) is 8.68. The van der Waals surface area contributed by atoms with E-state index >= 15 is 0 Å². The number of ether oxygens (including phenoxy) is 1. The van der Waals surface area contributed by atoms with Gasteiger partial charge in [-0.3, -0.25) is 0 Å². The molecule has 0 spiro atoms. The highest BCUT2D eigenvalue weighted by Gasteiger charge is 2.05. The monoisotopic (exact) mass is 359 g/mol. The molecule has 0 saturated carbocycles. The summed E-state index contributed by atoms with van der Waals surface area (Å²) in [6, 6.07) is 19.2. The Bertz CT molecular complexity index is 948. The lowest BCUT2D eigenvalue weighted by molar-refractivity contribution is 0.410. The van der Waals surface area contributed by atoms with Crippen molar-refractivity contribution >= 4 is 17.3 Å². The first-order chi connectivity index (χ1) is 13.2. The molecule has 0 unspecified atom stereocenters. The van der Waals surface area contributed by atoms with E-state index in [2.05, 4.69) is 32.7 Å². The van der Waals surface area contributed by atoms with Crippen molar-refractivity contribution < 1.29 is 4.74 Å². The van der Waals surface area contributed by atoms with Crippen LogP contribution in [-0.2, 0) is 6.42 Å². The molecule has 2 aromatic carbocycles. The smallest absolute Gasteiger partial charge is 0.136 e. The van der Waals surface area contributed by atoms with Crippen LogP contribution in [0.25, 0.3) is 0 Å². The van der Waals surface area contributed by atoms with Gasteiger partial charge in [0.05, 0.1) is 18.7 Å². The standard InChI is InChI=1S/C21H21N5O/c1-15-24-20(23-12-11-17-5-3-4-6-19(17)27-2)13-21(25-15)26-18-9-7-16(14-22)8-10-18/h3-10,13H,11-12H2,1-2H3,(H2,23,24,25,26).